The highest BCUT2D eigenvalue weighted by molar-refractivity contribution is 9.10. The van der Waals surface area contributed by atoms with Gasteiger partial charge in [-0.2, -0.15) is 5.10 Å². The maximum atomic E-state index is 13.7. The molecule has 32 heavy (non-hydrogen) atoms. The Bertz CT molecular complexity index is 1340. The lowest BCUT2D eigenvalue weighted by molar-refractivity contribution is 0.170. The van der Waals surface area contributed by atoms with Crippen LogP contribution in [0.5, 0.6) is 11.5 Å². The number of methoxy groups -OCH3 is 1. The molecule has 0 aliphatic heterocycles. The van der Waals surface area contributed by atoms with Gasteiger partial charge in [-0.1, -0.05) is 0 Å². The van der Waals surface area contributed by atoms with Crippen molar-refractivity contribution in [3.8, 4) is 11.5 Å². The van der Waals surface area contributed by atoms with Crippen molar-refractivity contribution >= 4 is 48.8 Å². The lowest BCUT2D eigenvalue weighted by Gasteiger charge is -2.14. The van der Waals surface area contributed by atoms with E-state index in [4.69, 9.17) is 10.5 Å². The quantitative estimate of drug-likeness (QED) is 0.180. The Balaban J connectivity index is 2.10. The van der Waals surface area contributed by atoms with Crippen molar-refractivity contribution in [3.05, 3.63) is 38.6 Å². The van der Waals surface area contributed by atoms with Gasteiger partial charge >= 0.3 is 0 Å². The van der Waals surface area contributed by atoms with E-state index >= 15 is 0 Å². The summed E-state index contributed by atoms with van der Waals surface area (Å²) in [5.41, 5.74) is 7.31. The van der Waals surface area contributed by atoms with Crippen LogP contribution in [0.2, 0.25) is 0 Å². The number of halogens is 1. The molecule has 4 aromatic rings. The molecule has 0 fully saturated rings. The third-order valence-corrected chi connectivity index (χ3v) is 6.03. The van der Waals surface area contributed by atoms with Gasteiger partial charge in [-0.05, 0) is 28.1 Å². The van der Waals surface area contributed by atoms with Gasteiger partial charge in [0.25, 0.3) is 0 Å². The number of rotatable bonds is 9. The molecule has 0 aliphatic carbocycles. The molecule has 2 aromatic heterocycles. The highest BCUT2D eigenvalue weighted by atomic mass is 79.9. The Morgan fingerprint density at radius 3 is 2.66 bits per heavy atom. The summed E-state index contributed by atoms with van der Waals surface area (Å²) in [7, 11) is 1.46. The van der Waals surface area contributed by atoms with Gasteiger partial charge in [0, 0.05) is 36.8 Å². The van der Waals surface area contributed by atoms with Crippen LogP contribution in [-0.2, 0) is 6.54 Å². The van der Waals surface area contributed by atoms with Gasteiger partial charge in [-0.3, -0.25) is 4.79 Å². The molecule has 0 unspecified atom stereocenters. The van der Waals surface area contributed by atoms with Crippen LogP contribution in [0.4, 0.5) is 5.69 Å². The molecule has 2 heterocycles. The Morgan fingerprint density at radius 2 is 2.00 bits per heavy atom. The second-order valence-corrected chi connectivity index (χ2v) is 8.22. The van der Waals surface area contributed by atoms with Crippen LogP contribution in [0, 0.1) is 0 Å². The zero-order valence-electron chi connectivity index (χ0n) is 17.4. The number of ether oxygens (including phenoxy) is 1. The van der Waals surface area contributed by atoms with Gasteiger partial charge in [0.05, 0.1) is 52.8 Å². The number of aromatic hydroxyl groups is 1. The van der Waals surface area contributed by atoms with E-state index in [-0.39, 0.29) is 41.8 Å². The average molecular weight is 506 g/mol. The van der Waals surface area contributed by atoms with Gasteiger partial charge in [-0.15, -0.1) is 0 Å². The Labute approximate surface area is 191 Å². The van der Waals surface area contributed by atoms with Crippen LogP contribution in [0.15, 0.2) is 27.5 Å². The van der Waals surface area contributed by atoms with Gasteiger partial charge in [-0.25, -0.2) is 4.52 Å². The number of aliphatic hydroxyl groups is 2. The second kappa shape index (κ2) is 9.04. The minimum Gasteiger partial charge on any atom is -0.506 e. The second-order valence-electron chi connectivity index (χ2n) is 7.36. The van der Waals surface area contributed by atoms with Crippen molar-refractivity contribution in [1.29, 1.82) is 0 Å². The van der Waals surface area contributed by atoms with E-state index in [9.17, 15) is 20.1 Å². The minimum absolute atomic E-state index is 0.125. The third kappa shape index (κ3) is 3.51. The maximum absolute atomic E-state index is 13.7. The predicted molar refractivity (Wildman–Crippen MR) is 126 cm³/mol. The number of phenols is 1. The molecule has 7 N–H and O–H groups in total. The molecular formula is C21H24BrN5O5. The summed E-state index contributed by atoms with van der Waals surface area (Å²) < 4.78 is 7.48. The van der Waals surface area contributed by atoms with Crippen LogP contribution >= 0.6 is 15.9 Å². The van der Waals surface area contributed by atoms with Gasteiger partial charge < -0.3 is 36.4 Å². The number of nitrogens with two attached hydrogens (primary N) is 1. The highest BCUT2D eigenvalue weighted by Gasteiger charge is 2.25. The van der Waals surface area contributed by atoms with Crippen molar-refractivity contribution in [3.63, 3.8) is 0 Å². The van der Waals surface area contributed by atoms with E-state index < -0.39 is 6.04 Å². The van der Waals surface area contributed by atoms with E-state index in [1.54, 1.807) is 10.6 Å². The number of pyridine rings is 1. The number of nitrogens with zero attached hydrogens (tertiary/aromatic N) is 2. The number of phenolic OH excluding ortho intramolecular Hbond substituents is 1. The van der Waals surface area contributed by atoms with E-state index in [1.165, 1.54) is 13.2 Å². The molecule has 10 nitrogen and oxygen atoms in total. The van der Waals surface area contributed by atoms with E-state index in [0.717, 1.165) is 0 Å². The standard InChI is InChI=1S/C21H24BrN5O5/c1-32-21-12(22)6-15(30)19-17(21)20(31)16-13(24-5-4-23)3-2-11-14(26-27(19)18(11)16)7-25-10(8-28)9-29/h2-3,6,10,24-25,28-30H,4-5,7-9,23H2,1H3. The number of benzene rings is 2. The van der Waals surface area contributed by atoms with Crippen LogP contribution in [-0.4, -0.2) is 64.4 Å². The van der Waals surface area contributed by atoms with Crippen molar-refractivity contribution in [2.75, 3.05) is 38.7 Å². The van der Waals surface area contributed by atoms with Gasteiger partial charge in [0.15, 0.2) is 0 Å². The average Bonchev–Trinajstić information content (AvgIpc) is 3.15. The first-order chi connectivity index (χ1) is 15.5. The van der Waals surface area contributed by atoms with Gasteiger partial charge in [0.1, 0.15) is 17.0 Å². The Hall–Kier alpha value is -2.70. The lowest BCUT2D eigenvalue weighted by Crippen LogP contribution is -2.35. The molecule has 4 rings (SSSR count). The number of fused-ring (bicyclic) bond motifs is 2. The first-order valence-corrected chi connectivity index (χ1v) is 10.8. The van der Waals surface area contributed by atoms with Crippen LogP contribution in [0.25, 0.3) is 27.2 Å². The van der Waals surface area contributed by atoms with E-state index in [1.807, 2.05) is 6.07 Å². The molecule has 2 aromatic carbocycles. The van der Waals surface area contributed by atoms with Crippen molar-refractivity contribution in [1.82, 2.24) is 14.9 Å². The first kappa shape index (κ1) is 22.5. The number of anilines is 1. The van der Waals surface area contributed by atoms with Crippen LogP contribution < -0.4 is 26.5 Å². The topological polar surface area (TPSA) is 154 Å². The molecule has 0 atom stereocenters. The summed E-state index contributed by atoms with van der Waals surface area (Å²) in [5, 5.41) is 41.7. The summed E-state index contributed by atoms with van der Waals surface area (Å²) in [6.45, 7) is 0.622. The maximum Gasteiger partial charge on any atom is 0.203 e. The SMILES string of the molecule is COc1c(Br)cc(O)c2c1c(=O)c1c(NCCN)ccc3c(CNC(CO)CO)nn2c31. The van der Waals surface area contributed by atoms with Crippen LogP contribution in [0.1, 0.15) is 5.69 Å². The molecule has 0 spiro atoms. The first-order valence-electron chi connectivity index (χ1n) is 10.0. The molecule has 0 bridgehead atoms. The minimum atomic E-state index is -0.510. The Kier molecular flexibility index (Phi) is 6.35. The molecule has 0 saturated carbocycles. The monoisotopic (exact) mass is 505 g/mol. The summed E-state index contributed by atoms with van der Waals surface area (Å²) in [4.78, 5) is 13.7. The Morgan fingerprint density at radius 1 is 1.25 bits per heavy atom. The fourth-order valence-corrected chi connectivity index (χ4v) is 4.51. The van der Waals surface area contributed by atoms with Crippen molar-refractivity contribution < 1.29 is 20.1 Å². The van der Waals surface area contributed by atoms with Gasteiger partial charge in [0.2, 0.25) is 5.43 Å². The van der Waals surface area contributed by atoms with E-state index in [0.29, 0.717) is 51.0 Å². The molecule has 0 radical (unpaired) electrons. The van der Waals surface area contributed by atoms with Crippen LogP contribution in [0.3, 0.4) is 0 Å². The number of hydrogen-bond acceptors (Lipinski definition) is 9. The number of nitrogens with one attached hydrogen (secondary N) is 2. The highest BCUT2D eigenvalue weighted by Crippen LogP contribution is 2.40. The third-order valence-electron chi connectivity index (χ3n) is 5.44. The summed E-state index contributed by atoms with van der Waals surface area (Å²) in [5.74, 6) is 0.172. The summed E-state index contributed by atoms with van der Waals surface area (Å²) in [6.07, 6.45) is 0. The molecule has 170 valence electrons. The number of aromatic nitrogens is 2. The largest absolute Gasteiger partial charge is 0.506 e. The zero-order chi connectivity index (χ0) is 23.0. The summed E-state index contributed by atoms with van der Waals surface area (Å²) >= 11 is 3.36. The molecule has 0 amide bonds. The zero-order valence-corrected chi connectivity index (χ0v) is 18.9. The van der Waals surface area contributed by atoms with Crippen molar-refractivity contribution in [2.45, 2.75) is 12.6 Å². The fraction of sp³-hybridized carbons (Fsp3) is 0.333. The molecule has 0 saturated heterocycles. The fourth-order valence-electron chi connectivity index (χ4n) is 3.93. The molecule has 11 heteroatoms. The normalized spacial score (nSPS) is 11.9. The molecule has 0 aliphatic rings. The lowest BCUT2D eigenvalue weighted by atomic mass is 10.0. The number of hydrogen-bond donors (Lipinski definition) is 6. The summed E-state index contributed by atoms with van der Waals surface area (Å²) in [6, 6.07) is 4.59. The predicted octanol–water partition coefficient (Wildman–Crippen LogP) is 0.729. The number of aliphatic hydroxyl groups excluding tert-OH is 2. The molecular weight excluding hydrogens is 482 g/mol. The van der Waals surface area contributed by atoms with Crippen molar-refractivity contribution in [2.24, 2.45) is 5.73 Å². The van der Waals surface area contributed by atoms with E-state index in [2.05, 4.69) is 31.7 Å². The smallest absolute Gasteiger partial charge is 0.203 e.